The first kappa shape index (κ1) is 25.0. The highest BCUT2D eigenvalue weighted by molar-refractivity contribution is 8.18. The molecule has 0 spiro atoms. The van der Waals surface area contributed by atoms with Crippen LogP contribution in [-0.4, -0.2) is 33.3 Å². The molecule has 0 bridgehead atoms. The van der Waals surface area contributed by atoms with Gasteiger partial charge in [-0.2, -0.15) is 0 Å². The molecule has 5 aromatic rings. The normalized spacial score (nSPS) is 15.4. The lowest BCUT2D eigenvalue weighted by Crippen LogP contribution is -2.27. The Hall–Kier alpha value is -5.02. The van der Waals surface area contributed by atoms with Gasteiger partial charge in [0.1, 0.15) is 6.54 Å². The van der Waals surface area contributed by atoms with Crippen LogP contribution in [0.5, 0.6) is 11.5 Å². The lowest BCUT2D eigenvalue weighted by molar-refractivity contribution is -0.123. The minimum Gasteiger partial charge on any atom is -0.454 e. The zero-order chi connectivity index (χ0) is 27.9. The number of para-hydroxylation sites is 1. The van der Waals surface area contributed by atoms with Crippen molar-refractivity contribution in [3.8, 4) is 11.5 Å². The Labute approximate surface area is 239 Å². The molecule has 0 atom stereocenters. The standard InChI is InChI=1S/C32H23N3O5S/c36-30(33-23-12-13-27-28(15-23)40-19-39-27)18-34-16-22(25-10-3-4-11-26(25)34)14-29-31(37)35(32(38)41-29)17-21-8-5-7-20-6-1-2-9-24(20)21/h1-16H,17-19H2,(H,33,36)/b29-14-. The number of thioether (sulfide) groups is 1. The molecular weight excluding hydrogens is 538 g/mol. The molecule has 0 radical (unpaired) electrons. The van der Waals surface area contributed by atoms with E-state index in [1.807, 2.05) is 77.5 Å². The SMILES string of the molecule is O=C(Cn1cc(/C=C2\SC(=O)N(Cc3cccc4ccccc34)C2=O)c2ccccc21)Nc1ccc2c(c1)OCO2. The van der Waals surface area contributed by atoms with Gasteiger partial charge in [-0.1, -0.05) is 60.7 Å². The highest BCUT2D eigenvalue weighted by Gasteiger charge is 2.35. The van der Waals surface area contributed by atoms with Crippen LogP contribution in [0.2, 0.25) is 0 Å². The third-order valence-corrected chi connectivity index (χ3v) is 8.07. The van der Waals surface area contributed by atoms with Crippen molar-refractivity contribution in [3.63, 3.8) is 0 Å². The number of rotatable bonds is 6. The Bertz CT molecular complexity index is 1910. The molecule has 9 heteroatoms. The molecule has 0 aliphatic carbocycles. The van der Waals surface area contributed by atoms with E-state index in [9.17, 15) is 14.4 Å². The lowest BCUT2D eigenvalue weighted by atomic mass is 10.0. The van der Waals surface area contributed by atoms with E-state index in [2.05, 4.69) is 5.32 Å². The first-order valence-electron chi connectivity index (χ1n) is 13.0. The van der Waals surface area contributed by atoms with Crippen LogP contribution in [0.3, 0.4) is 0 Å². The topological polar surface area (TPSA) is 89.9 Å². The van der Waals surface area contributed by atoms with E-state index < -0.39 is 0 Å². The number of carbonyl (C=O) groups is 3. The minimum absolute atomic E-state index is 0.0609. The summed E-state index contributed by atoms with van der Waals surface area (Å²) in [5, 5.41) is 5.55. The molecule has 41 heavy (non-hydrogen) atoms. The molecule has 2 aliphatic heterocycles. The number of imide groups is 1. The molecule has 3 amide bonds. The predicted molar refractivity (Wildman–Crippen MR) is 159 cm³/mol. The van der Waals surface area contributed by atoms with Crippen LogP contribution in [0.4, 0.5) is 10.5 Å². The van der Waals surface area contributed by atoms with Crippen LogP contribution in [0.25, 0.3) is 27.8 Å². The van der Waals surface area contributed by atoms with E-state index in [4.69, 9.17) is 9.47 Å². The summed E-state index contributed by atoms with van der Waals surface area (Å²) < 4.78 is 12.6. The van der Waals surface area contributed by atoms with Crippen molar-refractivity contribution in [3.05, 3.63) is 107 Å². The molecule has 1 N–H and O–H groups in total. The number of aromatic nitrogens is 1. The van der Waals surface area contributed by atoms with Gasteiger partial charge in [-0.15, -0.1) is 0 Å². The van der Waals surface area contributed by atoms with Gasteiger partial charge in [-0.25, -0.2) is 0 Å². The molecule has 4 aromatic carbocycles. The summed E-state index contributed by atoms with van der Waals surface area (Å²) >= 11 is 0.932. The first-order valence-corrected chi connectivity index (χ1v) is 13.8. The molecule has 0 unspecified atom stereocenters. The summed E-state index contributed by atoms with van der Waals surface area (Å²) in [6.07, 6.45) is 3.57. The van der Waals surface area contributed by atoms with Gasteiger partial charge in [-0.05, 0) is 52.4 Å². The zero-order valence-corrected chi connectivity index (χ0v) is 22.5. The minimum atomic E-state index is -0.328. The number of carbonyl (C=O) groups excluding carboxylic acids is 3. The van der Waals surface area contributed by atoms with Crippen molar-refractivity contribution >= 4 is 62.3 Å². The fourth-order valence-corrected chi connectivity index (χ4v) is 6.06. The number of amides is 3. The number of anilines is 1. The molecule has 1 aromatic heterocycles. The van der Waals surface area contributed by atoms with E-state index in [0.717, 1.165) is 44.6 Å². The second-order valence-electron chi connectivity index (χ2n) is 9.75. The number of hydrogen-bond acceptors (Lipinski definition) is 6. The van der Waals surface area contributed by atoms with Crippen molar-refractivity contribution in [1.29, 1.82) is 0 Å². The Morgan fingerprint density at radius 3 is 2.59 bits per heavy atom. The molecule has 2 aliphatic rings. The second kappa shape index (κ2) is 10.2. The smallest absolute Gasteiger partial charge is 0.293 e. The van der Waals surface area contributed by atoms with E-state index in [1.54, 1.807) is 24.3 Å². The van der Waals surface area contributed by atoms with Gasteiger partial charge >= 0.3 is 0 Å². The van der Waals surface area contributed by atoms with E-state index in [-0.39, 0.29) is 36.9 Å². The van der Waals surface area contributed by atoms with Gasteiger partial charge < -0.3 is 19.4 Å². The van der Waals surface area contributed by atoms with Crippen molar-refractivity contribution < 1.29 is 23.9 Å². The van der Waals surface area contributed by atoms with Crippen molar-refractivity contribution in [1.82, 2.24) is 9.47 Å². The Kier molecular flexibility index (Phi) is 6.20. The van der Waals surface area contributed by atoms with Gasteiger partial charge in [0, 0.05) is 34.4 Å². The monoisotopic (exact) mass is 561 g/mol. The van der Waals surface area contributed by atoms with E-state index in [1.165, 1.54) is 4.90 Å². The summed E-state index contributed by atoms with van der Waals surface area (Å²) in [4.78, 5) is 40.9. The van der Waals surface area contributed by atoms with E-state index in [0.29, 0.717) is 22.1 Å². The zero-order valence-electron chi connectivity index (χ0n) is 21.7. The van der Waals surface area contributed by atoms with Gasteiger partial charge in [-0.3, -0.25) is 19.3 Å². The summed E-state index contributed by atoms with van der Waals surface area (Å²) in [5.74, 6) is 0.688. The predicted octanol–water partition coefficient (Wildman–Crippen LogP) is 6.40. The first-order chi connectivity index (χ1) is 20.0. The number of ether oxygens (including phenoxy) is 2. The van der Waals surface area contributed by atoms with Gasteiger partial charge in [0.15, 0.2) is 11.5 Å². The number of benzene rings is 4. The number of nitrogens with zero attached hydrogens (tertiary/aromatic N) is 2. The van der Waals surface area contributed by atoms with Crippen molar-refractivity contribution in [2.75, 3.05) is 12.1 Å². The molecule has 1 saturated heterocycles. The third kappa shape index (κ3) is 4.70. The molecule has 1 fully saturated rings. The maximum absolute atomic E-state index is 13.4. The fourth-order valence-electron chi connectivity index (χ4n) is 5.23. The number of nitrogens with one attached hydrogen (secondary N) is 1. The molecule has 7 rings (SSSR count). The van der Waals surface area contributed by atoms with Gasteiger partial charge in [0.05, 0.1) is 11.4 Å². The van der Waals surface area contributed by atoms with Crippen LogP contribution in [0, 0.1) is 0 Å². The largest absolute Gasteiger partial charge is 0.454 e. The van der Waals surface area contributed by atoms with Gasteiger partial charge in [0.25, 0.3) is 11.1 Å². The van der Waals surface area contributed by atoms with Crippen LogP contribution in [0.15, 0.2) is 96.0 Å². The molecule has 3 heterocycles. The van der Waals surface area contributed by atoms with Crippen LogP contribution in [-0.2, 0) is 22.7 Å². The van der Waals surface area contributed by atoms with Crippen molar-refractivity contribution in [2.24, 2.45) is 0 Å². The fraction of sp³-hybridized carbons (Fsp3) is 0.0938. The summed E-state index contributed by atoms with van der Waals surface area (Å²) in [7, 11) is 0. The summed E-state index contributed by atoms with van der Waals surface area (Å²) in [6, 6.07) is 26.7. The van der Waals surface area contributed by atoms with Crippen molar-refractivity contribution in [2.45, 2.75) is 13.1 Å². The average molecular weight is 562 g/mol. The molecule has 8 nitrogen and oxygen atoms in total. The van der Waals surface area contributed by atoms with Crippen LogP contribution in [0.1, 0.15) is 11.1 Å². The van der Waals surface area contributed by atoms with Crippen LogP contribution < -0.4 is 14.8 Å². The molecule has 0 saturated carbocycles. The van der Waals surface area contributed by atoms with Crippen LogP contribution >= 0.6 is 11.8 Å². The Morgan fingerprint density at radius 1 is 0.902 bits per heavy atom. The quantitative estimate of drug-likeness (QED) is 0.241. The highest BCUT2D eigenvalue weighted by Crippen LogP contribution is 2.36. The molecular formula is C32H23N3O5S. The van der Waals surface area contributed by atoms with E-state index >= 15 is 0 Å². The number of fused-ring (bicyclic) bond motifs is 3. The third-order valence-electron chi connectivity index (χ3n) is 7.16. The molecule has 202 valence electrons. The Balaban J connectivity index is 1.13. The Morgan fingerprint density at radius 2 is 1.68 bits per heavy atom. The maximum atomic E-state index is 13.4. The second-order valence-corrected chi connectivity index (χ2v) is 10.7. The average Bonchev–Trinajstić information content (AvgIpc) is 3.66. The lowest BCUT2D eigenvalue weighted by Gasteiger charge is -2.14. The van der Waals surface area contributed by atoms with Gasteiger partial charge in [0.2, 0.25) is 12.7 Å². The summed E-state index contributed by atoms with van der Waals surface area (Å²) in [6.45, 7) is 0.421. The maximum Gasteiger partial charge on any atom is 0.293 e. The highest BCUT2D eigenvalue weighted by atomic mass is 32.2. The number of hydrogen-bond donors (Lipinski definition) is 1. The summed E-state index contributed by atoms with van der Waals surface area (Å²) in [5.41, 5.74) is 3.12.